The van der Waals surface area contributed by atoms with E-state index in [1.807, 2.05) is 0 Å². The van der Waals surface area contributed by atoms with Gasteiger partial charge in [0.25, 0.3) is 0 Å². The van der Waals surface area contributed by atoms with Crippen LogP contribution in [-0.4, -0.2) is 12.6 Å². The second-order valence-corrected chi connectivity index (χ2v) is 7.94. The molecule has 2 rings (SSSR count). The van der Waals surface area contributed by atoms with Crippen molar-refractivity contribution >= 4 is 0 Å². The fourth-order valence-corrected chi connectivity index (χ4v) is 4.71. The Bertz CT molecular complexity index is 254. The van der Waals surface area contributed by atoms with Gasteiger partial charge in [0, 0.05) is 6.04 Å². The van der Waals surface area contributed by atoms with Gasteiger partial charge in [-0.15, -0.1) is 0 Å². The van der Waals surface area contributed by atoms with E-state index in [0.29, 0.717) is 6.04 Å². The van der Waals surface area contributed by atoms with Crippen LogP contribution in [0.1, 0.15) is 85.0 Å². The predicted octanol–water partition coefficient (Wildman–Crippen LogP) is 5.40. The molecule has 3 atom stereocenters. The molecular weight excluding hydrogens is 242 g/mol. The van der Waals surface area contributed by atoms with E-state index < -0.39 is 0 Å². The molecule has 20 heavy (non-hydrogen) atoms. The van der Waals surface area contributed by atoms with Gasteiger partial charge in [-0.1, -0.05) is 65.7 Å². The molecular formula is C19H37N. The first kappa shape index (κ1) is 16.3. The largest absolute Gasteiger partial charge is 0.314 e. The highest BCUT2D eigenvalue weighted by molar-refractivity contribution is 4.84. The zero-order chi connectivity index (χ0) is 14.4. The predicted molar refractivity (Wildman–Crippen MR) is 88.9 cm³/mol. The highest BCUT2D eigenvalue weighted by atomic mass is 14.9. The summed E-state index contributed by atoms with van der Waals surface area (Å²) in [5.41, 5.74) is 0. The third kappa shape index (κ3) is 5.06. The van der Waals surface area contributed by atoms with Crippen molar-refractivity contribution in [3.8, 4) is 0 Å². The van der Waals surface area contributed by atoms with Crippen molar-refractivity contribution in [1.82, 2.24) is 5.32 Å². The molecule has 0 aromatic heterocycles. The minimum Gasteiger partial charge on any atom is -0.314 e. The molecule has 0 aromatic carbocycles. The van der Waals surface area contributed by atoms with Gasteiger partial charge in [-0.2, -0.15) is 0 Å². The van der Waals surface area contributed by atoms with Gasteiger partial charge >= 0.3 is 0 Å². The summed E-state index contributed by atoms with van der Waals surface area (Å²) >= 11 is 0. The van der Waals surface area contributed by atoms with Crippen molar-refractivity contribution < 1.29 is 0 Å². The molecule has 0 saturated heterocycles. The summed E-state index contributed by atoms with van der Waals surface area (Å²) in [6.07, 6.45) is 15.0. The average Bonchev–Trinajstić information content (AvgIpc) is 2.91. The highest BCUT2D eigenvalue weighted by Crippen LogP contribution is 2.42. The van der Waals surface area contributed by atoms with Crippen LogP contribution in [0.15, 0.2) is 0 Å². The van der Waals surface area contributed by atoms with Crippen molar-refractivity contribution in [2.24, 2.45) is 23.7 Å². The van der Waals surface area contributed by atoms with Crippen molar-refractivity contribution in [3.05, 3.63) is 0 Å². The normalized spacial score (nSPS) is 32.1. The first-order chi connectivity index (χ1) is 9.69. The van der Waals surface area contributed by atoms with Gasteiger partial charge in [-0.3, -0.25) is 0 Å². The molecule has 3 unspecified atom stereocenters. The minimum absolute atomic E-state index is 0.649. The Balaban J connectivity index is 1.86. The fourth-order valence-electron chi connectivity index (χ4n) is 4.71. The molecule has 118 valence electrons. The quantitative estimate of drug-likeness (QED) is 0.658. The Morgan fingerprint density at radius 3 is 2.35 bits per heavy atom. The monoisotopic (exact) mass is 279 g/mol. The van der Waals surface area contributed by atoms with Crippen molar-refractivity contribution in [2.45, 2.75) is 91.0 Å². The van der Waals surface area contributed by atoms with Crippen LogP contribution in [0.25, 0.3) is 0 Å². The summed E-state index contributed by atoms with van der Waals surface area (Å²) in [6, 6.07) is 0.649. The van der Waals surface area contributed by atoms with Crippen LogP contribution in [0.5, 0.6) is 0 Å². The summed E-state index contributed by atoms with van der Waals surface area (Å²) in [5.74, 6) is 4.10. The number of rotatable bonds is 7. The van der Waals surface area contributed by atoms with Gasteiger partial charge < -0.3 is 5.32 Å². The third-order valence-electron chi connectivity index (χ3n) is 5.84. The summed E-state index contributed by atoms with van der Waals surface area (Å²) < 4.78 is 0. The molecule has 0 heterocycles. The number of hydrogen-bond acceptors (Lipinski definition) is 1. The lowest BCUT2D eigenvalue weighted by Crippen LogP contribution is -2.36. The molecule has 1 heteroatoms. The number of hydrogen-bond donors (Lipinski definition) is 1. The molecule has 0 aliphatic heterocycles. The van der Waals surface area contributed by atoms with E-state index in [4.69, 9.17) is 0 Å². The maximum atomic E-state index is 3.72. The molecule has 1 nitrogen and oxygen atoms in total. The van der Waals surface area contributed by atoms with E-state index in [2.05, 4.69) is 26.1 Å². The molecule has 2 aliphatic carbocycles. The number of nitrogens with one attached hydrogen (secondary N) is 1. The topological polar surface area (TPSA) is 12.0 Å². The Hall–Kier alpha value is -0.0400. The Morgan fingerprint density at radius 2 is 1.70 bits per heavy atom. The molecule has 0 spiro atoms. The van der Waals surface area contributed by atoms with E-state index in [-0.39, 0.29) is 0 Å². The Kier molecular flexibility index (Phi) is 6.87. The van der Waals surface area contributed by atoms with Crippen molar-refractivity contribution in [1.29, 1.82) is 0 Å². The maximum absolute atomic E-state index is 3.72. The van der Waals surface area contributed by atoms with E-state index in [1.165, 1.54) is 64.3 Å². The molecule has 2 aliphatic rings. The highest BCUT2D eigenvalue weighted by Gasteiger charge is 2.32. The van der Waals surface area contributed by atoms with Crippen LogP contribution < -0.4 is 5.32 Å². The van der Waals surface area contributed by atoms with E-state index in [0.717, 1.165) is 23.7 Å². The molecule has 0 bridgehead atoms. The lowest BCUT2D eigenvalue weighted by Gasteiger charge is -2.38. The van der Waals surface area contributed by atoms with Gasteiger partial charge in [-0.25, -0.2) is 0 Å². The Morgan fingerprint density at radius 1 is 0.950 bits per heavy atom. The molecule has 1 N–H and O–H groups in total. The zero-order valence-corrected chi connectivity index (χ0v) is 14.2. The van der Waals surface area contributed by atoms with Gasteiger partial charge in [0.15, 0.2) is 0 Å². The Labute approximate surface area is 127 Å². The van der Waals surface area contributed by atoms with E-state index in [9.17, 15) is 0 Å². The van der Waals surface area contributed by atoms with E-state index >= 15 is 0 Å². The van der Waals surface area contributed by atoms with Gasteiger partial charge in [-0.05, 0) is 49.5 Å². The second-order valence-electron chi connectivity index (χ2n) is 7.94. The van der Waals surface area contributed by atoms with E-state index in [1.54, 1.807) is 6.42 Å². The first-order valence-electron chi connectivity index (χ1n) is 9.42. The van der Waals surface area contributed by atoms with Crippen LogP contribution in [0.4, 0.5) is 0 Å². The second kappa shape index (κ2) is 8.41. The van der Waals surface area contributed by atoms with Crippen LogP contribution in [0.2, 0.25) is 0 Å². The molecule has 2 saturated carbocycles. The van der Waals surface area contributed by atoms with Crippen LogP contribution in [-0.2, 0) is 0 Å². The van der Waals surface area contributed by atoms with Crippen LogP contribution >= 0.6 is 0 Å². The first-order valence-corrected chi connectivity index (χ1v) is 9.42. The SMILES string of the molecule is CCCC1CCC(CNC(C)C)C(CC2CCCC2)C1. The third-order valence-corrected chi connectivity index (χ3v) is 5.84. The van der Waals surface area contributed by atoms with Gasteiger partial charge in [0.05, 0.1) is 0 Å². The van der Waals surface area contributed by atoms with Crippen LogP contribution in [0, 0.1) is 23.7 Å². The smallest absolute Gasteiger partial charge is 0.00104 e. The maximum Gasteiger partial charge on any atom is 0.00104 e. The summed E-state index contributed by atoms with van der Waals surface area (Å²) in [7, 11) is 0. The van der Waals surface area contributed by atoms with Gasteiger partial charge in [0.2, 0.25) is 0 Å². The van der Waals surface area contributed by atoms with Crippen LogP contribution in [0.3, 0.4) is 0 Å². The molecule has 0 radical (unpaired) electrons. The zero-order valence-electron chi connectivity index (χ0n) is 14.2. The standard InChI is InChI=1S/C19H37N/c1-4-7-16-10-11-18(14-20-15(2)3)19(12-16)13-17-8-5-6-9-17/h15-20H,4-14H2,1-3H3. The summed E-state index contributed by atoms with van der Waals surface area (Å²) in [4.78, 5) is 0. The summed E-state index contributed by atoms with van der Waals surface area (Å²) in [6.45, 7) is 8.20. The van der Waals surface area contributed by atoms with Crippen molar-refractivity contribution in [3.63, 3.8) is 0 Å². The summed E-state index contributed by atoms with van der Waals surface area (Å²) in [5, 5.41) is 3.72. The lowest BCUT2D eigenvalue weighted by molar-refractivity contribution is 0.140. The molecule has 0 amide bonds. The fraction of sp³-hybridized carbons (Fsp3) is 1.00. The van der Waals surface area contributed by atoms with Gasteiger partial charge in [0.1, 0.15) is 0 Å². The molecule has 0 aromatic rings. The van der Waals surface area contributed by atoms with Crippen molar-refractivity contribution in [2.75, 3.05) is 6.54 Å². The lowest BCUT2D eigenvalue weighted by atomic mass is 9.69. The molecule has 2 fully saturated rings. The average molecular weight is 280 g/mol. The minimum atomic E-state index is 0.649.